The van der Waals surface area contributed by atoms with Crippen LogP contribution >= 0.6 is 0 Å². The van der Waals surface area contributed by atoms with Gasteiger partial charge in [-0.2, -0.15) is 0 Å². The highest BCUT2D eigenvalue weighted by molar-refractivity contribution is 4.88. The average Bonchev–Trinajstić information content (AvgIpc) is 2.45. The lowest BCUT2D eigenvalue weighted by Crippen LogP contribution is -2.35. The summed E-state index contributed by atoms with van der Waals surface area (Å²) in [6.45, 7) is 10.8. The van der Waals surface area contributed by atoms with Crippen LogP contribution in [0.15, 0.2) is 0 Å². The first kappa shape index (κ1) is 12.0. The molecule has 1 heteroatoms. The molecular formula is C13H27N. The molecular weight excluding hydrogens is 170 g/mol. The number of hydrogen-bond acceptors (Lipinski definition) is 1. The van der Waals surface area contributed by atoms with Crippen LogP contribution in [0.4, 0.5) is 0 Å². The molecule has 1 aliphatic rings. The van der Waals surface area contributed by atoms with Crippen LogP contribution < -0.4 is 0 Å². The Kier molecular flexibility index (Phi) is 4.43. The minimum absolute atomic E-state index is 0.844. The van der Waals surface area contributed by atoms with E-state index in [0.29, 0.717) is 0 Å². The molecule has 0 radical (unpaired) electrons. The molecule has 84 valence electrons. The second-order valence-electron chi connectivity index (χ2n) is 5.54. The van der Waals surface area contributed by atoms with Crippen LogP contribution in [-0.2, 0) is 0 Å². The van der Waals surface area contributed by atoms with Gasteiger partial charge in [0.2, 0.25) is 0 Å². The molecule has 0 aromatic rings. The van der Waals surface area contributed by atoms with E-state index in [0.717, 1.165) is 23.8 Å². The molecule has 0 aromatic carbocycles. The Morgan fingerprint density at radius 1 is 1.29 bits per heavy atom. The van der Waals surface area contributed by atoms with E-state index in [9.17, 15) is 0 Å². The summed E-state index contributed by atoms with van der Waals surface area (Å²) in [5, 5.41) is 0. The average molecular weight is 197 g/mol. The summed E-state index contributed by atoms with van der Waals surface area (Å²) in [5.41, 5.74) is 0. The van der Waals surface area contributed by atoms with Crippen LogP contribution in [0.5, 0.6) is 0 Å². The molecule has 0 bridgehead atoms. The highest BCUT2D eigenvalue weighted by atomic mass is 15.2. The first-order valence-corrected chi connectivity index (χ1v) is 6.26. The van der Waals surface area contributed by atoms with E-state index >= 15 is 0 Å². The first-order valence-electron chi connectivity index (χ1n) is 6.26. The van der Waals surface area contributed by atoms with Crippen molar-refractivity contribution in [1.29, 1.82) is 0 Å². The van der Waals surface area contributed by atoms with Gasteiger partial charge in [-0.15, -0.1) is 0 Å². The standard InChI is InChI=1S/C13H27N/c1-6-12-7-8-14(5)13(12)11(4)9-10(2)3/h10-13H,6-9H2,1-5H3/t11-,12?,13?/m1/s1. The Bertz CT molecular complexity index is 165. The largest absolute Gasteiger partial charge is 0.303 e. The highest BCUT2D eigenvalue weighted by Gasteiger charge is 2.34. The summed E-state index contributed by atoms with van der Waals surface area (Å²) < 4.78 is 0. The van der Waals surface area contributed by atoms with Crippen molar-refractivity contribution in [2.45, 2.75) is 53.0 Å². The van der Waals surface area contributed by atoms with Crippen molar-refractivity contribution >= 4 is 0 Å². The summed E-state index contributed by atoms with van der Waals surface area (Å²) in [7, 11) is 2.30. The predicted octanol–water partition coefficient (Wildman–Crippen LogP) is 3.40. The molecule has 1 aliphatic heterocycles. The van der Waals surface area contributed by atoms with Crippen molar-refractivity contribution in [1.82, 2.24) is 4.90 Å². The molecule has 0 aromatic heterocycles. The zero-order valence-electron chi connectivity index (χ0n) is 10.6. The van der Waals surface area contributed by atoms with Crippen molar-refractivity contribution in [3.63, 3.8) is 0 Å². The van der Waals surface area contributed by atoms with Gasteiger partial charge in [0.05, 0.1) is 0 Å². The van der Waals surface area contributed by atoms with Gasteiger partial charge in [0, 0.05) is 6.04 Å². The van der Waals surface area contributed by atoms with Crippen LogP contribution in [0.1, 0.15) is 47.0 Å². The van der Waals surface area contributed by atoms with Crippen molar-refractivity contribution in [3.8, 4) is 0 Å². The van der Waals surface area contributed by atoms with Crippen molar-refractivity contribution in [3.05, 3.63) is 0 Å². The Morgan fingerprint density at radius 3 is 2.43 bits per heavy atom. The predicted molar refractivity (Wildman–Crippen MR) is 63.4 cm³/mol. The van der Waals surface area contributed by atoms with Gasteiger partial charge in [0.25, 0.3) is 0 Å². The number of likely N-dealkylation sites (tertiary alicyclic amines) is 1. The van der Waals surface area contributed by atoms with E-state index in [1.807, 2.05) is 0 Å². The maximum atomic E-state index is 2.58. The van der Waals surface area contributed by atoms with E-state index in [4.69, 9.17) is 0 Å². The van der Waals surface area contributed by atoms with Gasteiger partial charge >= 0.3 is 0 Å². The van der Waals surface area contributed by atoms with E-state index in [1.54, 1.807) is 0 Å². The number of nitrogens with zero attached hydrogens (tertiary/aromatic N) is 1. The minimum atomic E-state index is 0.844. The van der Waals surface area contributed by atoms with Crippen LogP contribution in [0.3, 0.4) is 0 Å². The smallest absolute Gasteiger partial charge is 0.0146 e. The lowest BCUT2D eigenvalue weighted by molar-refractivity contribution is 0.178. The van der Waals surface area contributed by atoms with Gasteiger partial charge < -0.3 is 4.90 Å². The van der Waals surface area contributed by atoms with Crippen LogP contribution in [-0.4, -0.2) is 24.5 Å². The third-order valence-corrected chi connectivity index (χ3v) is 3.80. The van der Waals surface area contributed by atoms with Crippen molar-refractivity contribution in [2.24, 2.45) is 17.8 Å². The molecule has 14 heavy (non-hydrogen) atoms. The Morgan fingerprint density at radius 2 is 1.93 bits per heavy atom. The molecule has 1 saturated heterocycles. The Labute approximate surface area is 89.9 Å². The van der Waals surface area contributed by atoms with Gasteiger partial charge in [0.1, 0.15) is 0 Å². The molecule has 2 unspecified atom stereocenters. The van der Waals surface area contributed by atoms with Crippen LogP contribution in [0.25, 0.3) is 0 Å². The second-order valence-corrected chi connectivity index (χ2v) is 5.54. The fourth-order valence-electron chi connectivity index (χ4n) is 3.28. The van der Waals surface area contributed by atoms with E-state index in [1.165, 1.54) is 25.8 Å². The van der Waals surface area contributed by atoms with Crippen molar-refractivity contribution < 1.29 is 0 Å². The lowest BCUT2D eigenvalue weighted by Gasteiger charge is -2.31. The Balaban J connectivity index is 2.54. The normalized spacial score (nSPS) is 31.3. The van der Waals surface area contributed by atoms with Crippen LogP contribution in [0.2, 0.25) is 0 Å². The summed E-state index contributed by atoms with van der Waals surface area (Å²) in [6.07, 6.45) is 4.16. The van der Waals surface area contributed by atoms with Gasteiger partial charge in [0.15, 0.2) is 0 Å². The summed E-state index contributed by atoms with van der Waals surface area (Å²) in [4.78, 5) is 2.58. The van der Waals surface area contributed by atoms with E-state index < -0.39 is 0 Å². The summed E-state index contributed by atoms with van der Waals surface area (Å²) >= 11 is 0. The molecule has 1 nitrogen and oxygen atoms in total. The minimum Gasteiger partial charge on any atom is -0.303 e. The zero-order valence-corrected chi connectivity index (χ0v) is 10.6. The lowest BCUT2D eigenvalue weighted by atomic mass is 9.84. The van der Waals surface area contributed by atoms with Gasteiger partial charge in [-0.3, -0.25) is 0 Å². The molecule has 1 fully saturated rings. The quantitative estimate of drug-likeness (QED) is 0.667. The summed E-state index contributed by atoms with van der Waals surface area (Å²) in [6, 6.07) is 0.849. The number of rotatable bonds is 4. The molecule has 0 spiro atoms. The maximum Gasteiger partial charge on any atom is 0.0146 e. The molecule has 0 aliphatic carbocycles. The van der Waals surface area contributed by atoms with Gasteiger partial charge in [-0.25, -0.2) is 0 Å². The fourth-order valence-corrected chi connectivity index (χ4v) is 3.28. The molecule has 0 N–H and O–H groups in total. The van der Waals surface area contributed by atoms with Crippen molar-refractivity contribution in [2.75, 3.05) is 13.6 Å². The van der Waals surface area contributed by atoms with Crippen LogP contribution in [0, 0.1) is 17.8 Å². The first-order chi connectivity index (χ1) is 6.56. The van der Waals surface area contributed by atoms with E-state index in [-0.39, 0.29) is 0 Å². The zero-order chi connectivity index (χ0) is 10.7. The third kappa shape index (κ3) is 2.73. The molecule has 3 atom stereocenters. The fraction of sp³-hybridized carbons (Fsp3) is 1.00. The molecule has 0 amide bonds. The molecule has 1 rings (SSSR count). The third-order valence-electron chi connectivity index (χ3n) is 3.80. The Hall–Kier alpha value is -0.0400. The second kappa shape index (κ2) is 5.16. The summed E-state index contributed by atoms with van der Waals surface area (Å²) in [5.74, 6) is 2.66. The topological polar surface area (TPSA) is 3.24 Å². The monoisotopic (exact) mass is 197 g/mol. The van der Waals surface area contributed by atoms with Gasteiger partial charge in [-0.05, 0) is 44.2 Å². The maximum absolute atomic E-state index is 2.58. The number of hydrogen-bond donors (Lipinski definition) is 0. The SMILES string of the molecule is CCC1CCN(C)C1[C@H](C)CC(C)C. The van der Waals surface area contributed by atoms with Gasteiger partial charge in [-0.1, -0.05) is 34.1 Å². The molecule has 1 heterocycles. The molecule has 0 saturated carbocycles. The van der Waals surface area contributed by atoms with E-state index in [2.05, 4.69) is 39.6 Å². The highest BCUT2D eigenvalue weighted by Crippen LogP contribution is 2.33.